The van der Waals surface area contributed by atoms with Crippen molar-refractivity contribution in [3.05, 3.63) is 82.6 Å². The van der Waals surface area contributed by atoms with Crippen LogP contribution in [0.2, 0.25) is 5.02 Å². The first-order valence-corrected chi connectivity index (χ1v) is 12.0. The number of hydrogen-bond donors (Lipinski definition) is 3. The second-order valence-corrected chi connectivity index (χ2v) is 8.86. The van der Waals surface area contributed by atoms with Crippen LogP contribution in [0.1, 0.15) is 30.9 Å². The molecule has 0 saturated heterocycles. The van der Waals surface area contributed by atoms with Gasteiger partial charge in [-0.2, -0.15) is 4.98 Å². The summed E-state index contributed by atoms with van der Waals surface area (Å²) in [6.45, 7) is 4.55. The van der Waals surface area contributed by atoms with Gasteiger partial charge in [0, 0.05) is 36.1 Å². The molecular weight excluding hydrogens is 451 g/mol. The van der Waals surface area contributed by atoms with Gasteiger partial charge in [0.25, 0.3) is 0 Å². The minimum Gasteiger partial charge on any atom is -0.366 e. The van der Waals surface area contributed by atoms with E-state index in [2.05, 4.69) is 44.5 Å². The molecular formula is C26H30ClFN6. The van der Waals surface area contributed by atoms with Gasteiger partial charge in [-0.25, -0.2) is 9.49 Å². The third kappa shape index (κ3) is 6.04. The second-order valence-electron chi connectivity index (χ2n) is 8.42. The predicted molar refractivity (Wildman–Crippen MR) is 137 cm³/mol. The van der Waals surface area contributed by atoms with E-state index in [1.54, 1.807) is 6.07 Å². The molecule has 8 heteroatoms. The van der Waals surface area contributed by atoms with Crippen LogP contribution in [0.15, 0.2) is 60.7 Å². The van der Waals surface area contributed by atoms with Gasteiger partial charge in [0.05, 0.1) is 0 Å². The molecule has 0 radical (unpaired) electrons. The summed E-state index contributed by atoms with van der Waals surface area (Å²) in [7, 11) is 0. The summed E-state index contributed by atoms with van der Waals surface area (Å²) in [5, 5.41) is 12.3. The first kappa shape index (κ1) is 24.0. The zero-order valence-corrected chi connectivity index (χ0v) is 20.0. The minimum atomic E-state index is -0.186. The number of aromatic amines is 1. The first-order chi connectivity index (χ1) is 16.5. The number of rotatable bonds is 11. The Hall–Kier alpha value is -3.16. The number of benzene rings is 3. The maximum Gasteiger partial charge on any atom is 0.241 e. The van der Waals surface area contributed by atoms with Crippen LogP contribution in [0.25, 0.3) is 10.8 Å². The molecule has 0 bridgehead atoms. The molecule has 0 amide bonds. The summed E-state index contributed by atoms with van der Waals surface area (Å²) < 4.78 is 14.4. The molecule has 0 spiro atoms. The van der Waals surface area contributed by atoms with E-state index in [4.69, 9.17) is 17.3 Å². The van der Waals surface area contributed by atoms with E-state index in [-0.39, 0.29) is 11.8 Å². The fourth-order valence-corrected chi connectivity index (χ4v) is 4.48. The highest BCUT2D eigenvalue weighted by Gasteiger charge is 2.19. The zero-order chi connectivity index (χ0) is 23.9. The number of H-pyrrole nitrogens is 1. The molecule has 3 aromatic carbocycles. The van der Waals surface area contributed by atoms with Crippen LogP contribution >= 0.6 is 11.6 Å². The number of hydrogen-bond acceptors (Lipinski definition) is 5. The average molecular weight is 481 g/mol. The highest BCUT2D eigenvalue weighted by Crippen LogP contribution is 2.25. The van der Waals surface area contributed by atoms with Gasteiger partial charge in [-0.15, -0.1) is 5.10 Å². The van der Waals surface area contributed by atoms with Crippen LogP contribution in [0.3, 0.4) is 0 Å². The Balaban J connectivity index is 1.52. The summed E-state index contributed by atoms with van der Waals surface area (Å²) in [5.74, 6) is 0.613. The number of halogens is 2. The molecule has 1 atom stereocenters. The van der Waals surface area contributed by atoms with Crippen molar-refractivity contribution in [2.24, 2.45) is 0 Å². The van der Waals surface area contributed by atoms with Gasteiger partial charge in [0.1, 0.15) is 5.82 Å². The molecule has 1 unspecified atom stereocenters. The average Bonchev–Trinajstić information content (AvgIpc) is 3.27. The molecule has 4 rings (SSSR count). The zero-order valence-electron chi connectivity index (χ0n) is 19.3. The Kier molecular flexibility index (Phi) is 7.98. The van der Waals surface area contributed by atoms with Crippen molar-refractivity contribution in [2.45, 2.75) is 38.8 Å². The molecule has 178 valence electrons. The van der Waals surface area contributed by atoms with Gasteiger partial charge < -0.3 is 11.1 Å². The Bertz CT molecular complexity index is 1210. The third-order valence-corrected chi connectivity index (χ3v) is 6.45. The van der Waals surface area contributed by atoms with Gasteiger partial charge >= 0.3 is 0 Å². The number of nitrogens with one attached hydrogen (secondary N) is 2. The predicted octanol–water partition coefficient (Wildman–Crippen LogP) is 5.66. The Morgan fingerprint density at radius 3 is 2.56 bits per heavy atom. The lowest BCUT2D eigenvalue weighted by Gasteiger charge is -2.32. The normalized spacial score (nSPS) is 12.4. The Morgan fingerprint density at radius 1 is 1.09 bits per heavy atom. The Labute approximate surface area is 204 Å². The summed E-state index contributed by atoms with van der Waals surface area (Å²) in [6, 6.07) is 19.5. The highest BCUT2D eigenvalue weighted by atomic mass is 35.5. The number of fused-ring (bicyclic) bond motifs is 1. The molecule has 0 aliphatic rings. The van der Waals surface area contributed by atoms with E-state index in [9.17, 15) is 4.39 Å². The van der Waals surface area contributed by atoms with Crippen LogP contribution < -0.4 is 11.1 Å². The van der Waals surface area contributed by atoms with Crippen molar-refractivity contribution in [1.82, 2.24) is 20.1 Å². The number of nitrogens with zero attached hydrogens (tertiary/aromatic N) is 3. The van der Waals surface area contributed by atoms with Crippen molar-refractivity contribution in [2.75, 3.05) is 24.1 Å². The molecule has 1 heterocycles. The van der Waals surface area contributed by atoms with Crippen LogP contribution in [0, 0.1) is 5.82 Å². The maximum absolute atomic E-state index is 14.4. The monoisotopic (exact) mass is 480 g/mol. The van der Waals surface area contributed by atoms with Crippen molar-refractivity contribution >= 4 is 34.3 Å². The topological polar surface area (TPSA) is 82.9 Å². The van der Waals surface area contributed by atoms with Gasteiger partial charge in [0.15, 0.2) is 0 Å². The molecule has 0 aliphatic carbocycles. The van der Waals surface area contributed by atoms with E-state index in [0.717, 1.165) is 54.9 Å². The first-order valence-electron chi connectivity index (χ1n) is 11.6. The van der Waals surface area contributed by atoms with Crippen molar-refractivity contribution in [3.63, 3.8) is 0 Å². The lowest BCUT2D eigenvalue weighted by atomic mass is 10.0. The molecule has 0 fully saturated rings. The van der Waals surface area contributed by atoms with E-state index in [1.165, 1.54) is 5.56 Å². The molecule has 0 aliphatic heterocycles. The van der Waals surface area contributed by atoms with E-state index in [0.29, 0.717) is 17.4 Å². The smallest absolute Gasteiger partial charge is 0.241 e. The summed E-state index contributed by atoms with van der Waals surface area (Å²) in [4.78, 5) is 6.60. The van der Waals surface area contributed by atoms with Crippen LogP contribution in [-0.4, -0.2) is 39.2 Å². The molecule has 4 N–H and O–H groups in total. The summed E-state index contributed by atoms with van der Waals surface area (Å²) in [5.41, 5.74) is 7.96. The van der Waals surface area contributed by atoms with E-state index < -0.39 is 0 Å². The van der Waals surface area contributed by atoms with Crippen molar-refractivity contribution in [1.29, 1.82) is 0 Å². The van der Waals surface area contributed by atoms with Crippen LogP contribution in [-0.2, 0) is 13.0 Å². The standard InChI is InChI=1S/C26H30ClFN6/c1-2-21(13-15-30-26-31-25(29)32-33-26)34(16-14-18-7-10-20(27)11-8-18)17-19-9-12-24(28)23-6-4-3-5-22(19)23/h3-12,21H,2,13-17H2,1H3,(H4,29,30,31,32,33). The number of nitrogen functional groups attached to an aromatic ring is 1. The molecule has 6 nitrogen and oxygen atoms in total. The number of anilines is 2. The largest absolute Gasteiger partial charge is 0.366 e. The quantitative estimate of drug-likeness (QED) is 0.258. The van der Waals surface area contributed by atoms with E-state index in [1.807, 2.05) is 42.5 Å². The summed E-state index contributed by atoms with van der Waals surface area (Å²) in [6.07, 6.45) is 2.80. The lowest BCUT2D eigenvalue weighted by Crippen LogP contribution is -2.37. The third-order valence-electron chi connectivity index (χ3n) is 6.20. The summed E-state index contributed by atoms with van der Waals surface area (Å²) >= 11 is 6.06. The van der Waals surface area contributed by atoms with E-state index >= 15 is 0 Å². The molecule has 4 aromatic rings. The molecule has 34 heavy (non-hydrogen) atoms. The molecule has 0 saturated carbocycles. The van der Waals surface area contributed by atoms with Gasteiger partial charge in [-0.05, 0) is 54.0 Å². The van der Waals surface area contributed by atoms with Gasteiger partial charge in [-0.1, -0.05) is 61.0 Å². The lowest BCUT2D eigenvalue weighted by molar-refractivity contribution is 0.178. The number of nitrogens with two attached hydrogens (primary N) is 1. The van der Waals surface area contributed by atoms with Crippen LogP contribution in [0.4, 0.5) is 16.3 Å². The van der Waals surface area contributed by atoms with Crippen LogP contribution in [0.5, 0.6) is 0 Å². The minimum absolute atomic E-state index is 0.186. The van der Waals surface area contributed by atoms with Crippen molar-refractivity contribution in [3.8, 4) is 0 Å². The SMILES string of the molecule is CCC(CCNc1nc(N)n[nH]1)N(CCc1ccc(Cl)cc1)Cc1ccc(F)c2ccccc12. The van der Waals surface area contributed by atoms with Gasteiger partial charge in [-0.3, -0.25) is 4.90 Å². The maximum atomic E-state index is 14.4. The van der Waals surface area contributed by atoms with Gasteiger partial charge in [0.2, 0.25) is 11.9 Å². The fourth-order valence-electron chi connectivity index (χ4n) is 4.35. The number of aromatic nitrogens is 3. The van der Waals surface area contributed by atoms with Crippen molar-refractivity contribution < 1.29 is 4.39 Å². The molecule has 1 aromatic heterocycles. The highest BCUT2D eigenvalue weighted by molar-refractivity contribution is 6.30. The fraction of sp³-hybridized carbons (Fsp3) is 0.308. The second kappa shape index (κ2) is 11.3. The Morgan fingerprint density at radius 2 is 1.85 bits per heavy atom.